The third-order valence-electron chi connectivity index (χ3n) is 3.73. The van der Waals surface area contributed by atoms with Gasteiger partial charge in [-0.3, -0.25) is 4.79 Å². The van der Waals surface area contributed by atoms with E-state index in [0.717, 1.165) is 18.1 Å². The third-order valence-corrected chi connectivity index (χ3v) is 5.17. The summed E-state index contributed by atoms with van der Waals surface area (Å²) in [6.45, 7) is 0. The Balaban J connectivity index is 2.15. The minimum absolute atomic E-state index is 0.331. The number of benzene rings is 1. The number of thioether (sulfide) groups is 1. The molecule has 20 heavy (non-hydrogen) atoms. The van der Waals surface area contributed by atoms with Gasteiger partial charge in [0.1, 0.15) is 0 Å². The Labute approximate surface area is 128 Å². The maximum Gasteiger partial charge on any atom is 0.250 e. The van der Waals surface area contributed by atoms with Gasteiger partial charge in [-0.1, -0.05) is 11.6 Å². The number of hydrogen-bond donors (Lipinski definition) is 3. The maximum absolute atomic E-state index is 11.5. The van der Waals surface area contributed by atoms with Gasteiger partial charge in [0.2, 0.25) is 0 Å². The van der Waals surface area contributed by atoms with Gasteiger partial charge in [-0.2, -0.15) is 11.8 Å². The molecule has 0 saturated heterocycles. The average Bonchev–Trinajstić information content (AvgIpc) is 2.42. The number of nitrogens with one attached hydrogen (secondary N) is 1. The van der Waals surface area contributed by atoms with Gasteiger partial charge < -0.3 is 16.8 Å². The fourth-order valence-electron chi connectivity index (χ4n) is 2.62. The van der Waals surface area contributed by atoms with Crippen LogP contribution in [0.4, 0.5) is 11.4 Å². The smallest absolute Gasteiger partial charge is 0.250 e. The standard InChI is InChI=1S/C14H20ClN3OS/c1-20-10-4-2-9(3-5-10)18-13-11(14(17)19)6-8(16)7-12(13)15/h6-7,9-10,18H,2-5,16H2,1H3,(H2,17,19). The van der Waals surface area contributed by atoms with Crippen LogP contribution in [-0.4, -0.2) is 23.5 Å². The number of halogens is 1. The van der Waals surface area contributed by atoms with Crippen LogP contribution in [0.3, 0.4) is 0 Å². The van der Waals surface area contributed by atoms with Crippen molar-refractivity contribution in [2.45, 2.75) is 37.0 Å². The molecule has 6 heteroatoms. The molecule has 1 aliphatic rings. The highest BCUT2D eigenvalue weighted by atomic mass is 35.5. The molecule has 1 fully saturated rings. The molecule has 1 aromatic rings. The fraction of sp³-hybridized carbons (Fsp3) is 0.500. The molecule has 0 spiro atoms. The minimum Gasteiger partial charge on any atom is -0.399 e. The predicted octanol–water partition coefficient (Wildman–Crippen LogP) is 3.11. The van der Waals surface area contributed by atoms with Crippen LogP contribution >= 0.6 is 23.4 Å². The summed E-state index contributed by atoms with van der Waals surface area (Å²) in [5.74, 6) is -0.514. The lowest BCUT2D eigenvalue weighted by molar-refractivity contribution is 0.100. The van der Waals surface area contributed by atoms with Crippen LogP contribution in [0.1, 0.15) is 36.0 Å². The Morgan fingerprint density at radius 3 is 2.55 bits per heavy atom. The molecule has 0 heterocycles. The van der Waals surface area contributed by atoms with Crippen molar-refractivity contribution < 1.29 is 4.79 Å². The summed E-state index contributed by atoms with van der Waals surface area (Å²) in [5.41, 5.74) is 12.5. The summed E-state index contributed by atoms with van der Waals surface area (Å²) < 4.78 is 0. The Hall–Kier alpha value is -1.07. The van der Waals surface area contributed by atoms with Gasteiger partial charge in [-0.05, 0) is 44.1 Å². The highest BCUT2D eigenvalue weighted by Crippen LogP contribution is 2.33. The molecule has 0 bridgehead atoms. The molecule has 4 nitrogen and oxygen atoms in total. The first-order valence-electron chi connectivity index (χ1n) is 6.69. The van der Waals surface area contributed by atoms with Crippen LogP contribution in [0.25, 0.3) is 0 Å². The zero-order chi connectivity index (χ0) is 14.7. The minimum atomic E-state index is -0.514. The van der Waals surface area contributed by atoms with Crippen LogP contribution in [0, 0.1) is 0 Å². The SMILES string of the molecule is CSC1CCC(Nc2c(Cl)cc(N)cc2C(N)=O)CC1. The summed E-state index contributed by atoms with van der Waals surface area (Å²) in [5, 5.41) is 4.56. The molecule has 2 rings (SSSR count). The van der Waals surface area contributed by atoms with Crippen molar-refractivity contribution in [2.24, 2.45) is 5.73 Å². The predicted molar refractivity (Wildman–Crippen MR) is 87.6 cm³/mol. The molecule has 0 unspecified atom stereocenters. The van der Waals surface area contributed by atoms with Crippen molar-refractivity contribution in [3.63, 3.8) is 0 Å². The number of nitrogen functional groups attached to an aromatic ring is 1. The van der Waals surface area contributed by atoms with Crippen molar-refractivity contribution in [1.29, 1.82) is 0 Å². The van der Waals surface area contributed by atoms with E-state index < -0.39 is 5.91 Å². The Morgan fingerprint density at radius 2 is 2.00 bits per heavy atom. The van der Waals surface area contributed by atoms with Gasteiger partial charge in [0.15, 0.2) is 0 Å². The van der Waals surface area contributed by atoms with Crippen molar-refractivity contribution in [2.75, 3.05) is 17.3 Å². The molecule has 0 radical (unpaired) electrons. The topological polar surface area (TPSA) is 81.1 Å². The number of carbonyl (C=O) groups is 1. The van der Waals surface area contributed by atoms with Gasteiger partial charge in [-0.15, -0.1) is 0 Å². The number of carbonyl (C=O) groups excluding carboxylic acids is 1. The summed E-state index contributed by atoms with van der Waals surface area (Å²) in [6, 6.07) is 3.55. The second-order valence-corrected chi connectivity index (χ2v) is 6.69. The average molecular weight is 314 g/mol. The summed E-state index contributed by atoms with van der Waals surface area (Å²) >= 11 is 8.12. The van der Waals surface area contributed by atoms with E-state index in [2.05, 4.69) is 11.6 Å². The zero-order valence-electron chi connectivity index (χ0n) is 11.5. The summed E-state index contributed by atoms with van der Waals surface area (Å²) in [4.78, 5) is 11.5. The van der Waals surface area contributed by atoms with Crippen LogP contribution in [0.5, 0.6) is 0 Å². The van der Waals surface area contributed by atoms with Crippen molar-refractivity contribution in [3.05, 3.63) is 22.7 Å². The van der Waals surface area contributed by atoms with Crippen molar-refractivity contribution in [3.8, 4) is 0 Å². The van der Waals surface area contributed by atoms with Gasteiger partial charge in [-0.25, -0.2) is 0 Å². The van der Waals surface area contributed by atoms with Gasteiger partial charge in [0.05, 0.1) is 16.3 Å². The molecule has 0 atom stereocenters. The van der Waals surface area contributed by atoms with Crippen LogP contribution in [0.2, 0.25) is 5.02 Å². The van der Waals surface area contributed by atoms with Gasteiger partial charge in [0.25, 0.3) is 5.91 Å². The number of anilines is 2. The second-order valence-electron chi connectivity index (χ2n) is 5.14. The molecule has 0 aromatic heterocycles. The van der Waals surface area contributed by atoms with E-state index in [4.69, 9.17) is 23.1 Å². The molecule has 0 aliphatic heterocycles. The summed E-state index contributed by atoms with van der Waals surface area (Å²) in [7, 11) is 0. The molecule has 110 valence electrons. The lowest BCUT2D eigenvalue weighted by atomic mass is 9.94. The first-order valence-corrected chi connectivity index (χ1v) is 8.36. The van der Waals surface area contributed by atoms with Crippen LogP contribution < -0.4 is 16.8 Å². The third kappa shape index (κ3) is 3.52. The maximum atomic E-state index is 11.5. The van der Waals surface area contributed by atoms with E-state index in [1.54, 1.807) is 12.1 Å². The van der Waals surface area contributed by atoms with E-state index in [9.17, 15) is 4.79 Å². The van der Waals surface area contributed by atoms with E-state index in [1.807, 2.05) is 11.8 Å². The highest BCUT2D eigenvalue weighted by molar-refractivity contribution is 7.99. The second kappa shape index (κ2) is 6.59. The zero-order valence-corrected chi connectivity index (χ0v) is 13.1. The quantitative estimate of drug-likeness (QED) is 0.746. The number of hydrogen-bond acceptors (Lipinski definition) is 4. The molecule has 1 aliphatic carbocycles. The van der Waals surface area contributed by atoms with E-state index >= 15 is 0 Å². The summed E-state index contributed by atoms with van der Waals surface area (Å²) in [6.07, 6.45) is 6.66. The number of rotatable bonds is 4. The molecular weight excluding hydrogens is 294 g/mol. The number of amides is 1. The Bertz CT molecular complexity index is 501. The number of primary amides is 1. The molecular formula is C14H20ClN3OS. The van der Waals surface area contributed by atoms with Crippen LogP contribution in [0.15, 0.2) is 12.1 Å². The van der Waals surface area contributed by atoms with Crippen LogP contribution in [-0.2, 0) is 0 Å². The van der Waals surface area contributed by atoms with E-state index in [1.165, 1.54) is 12.8 Å². The van der Waals surface area contributed by atoms with Crippen molar-refractivity contribution in [1.82, 2.24) is 0 Å². The monoisotopic (exact) mass is 313 g/mol. The number of nitrogens with two attached hydrogens (primary N) is 2. The molecule has 5 N–H and O–H groups in total. The Morgan fingerprint density at radius 1 is 1.35 bits per heavy atom. The van der Waals surface area contributed by atoms with Gasteiger partial charge >= 0.3 is 0 Å². The van der Waals surface area contributed by atoms with E-state index in [-0.39, 0.29) is 0 Å². The van der Waals surface area contributed by atoms with E-state index in [0.29, 0.717) is 28.0 Å². The normalized spacial score (nSPS) is 22.5. The highest BCUT2D eigenvalue weighted by Gasteiger charge is 2.22. The fourth-order valence-corrected chi connectivity index (χ4v) is 3.64. The first-order chi connectivity index (χ1) is 9.51. The van der Waals surface area contributed by atoms with Crippen molar-refractivity contribution >= 4 is 40.6 Å². The lowest BCUT2D eigenvalue weighted by Crippen LogP contribution is -2.28. The van der Waals surface area contributed by atoms with Gasteiger partial charge in [0, 0.05) is 17.0 Å². The lowest BCUT2D eigenvalue weighted by Gasteiger charge is -2.29. The molecule has 1 aromatic carbocycles. The Kier molecular flexibility index (Phi) is 5.05. The molecule has 1 saturated carbocycles. The first kappa shape index (κ1) is 15.3. The largest absolute Gasteiger partial charge is 0.399 e. The molecule has 1 amide bonds.